The topological polar surface area (TPSA) is 63.4 Å². The molecular formula is C13H18N2O2. The molecule has 0 radical (unpaired) electrons. The SMILES string of the molecule is CC(=O)N1C2C=CC(C(N)=O)=CC2CC[C@@H]1C. The summed E-state index contributed by atoms with van der Waals surface area (Å²) in [5.41, 5.74) is 5.83. The Balaban J connectivity index is 2.26. The third-order valence-corrected chi connectivity index (χ3v) is 3.67. The lowest BCUT2D eigenvalue weighted by Crippen LogP contribution is -2.51. The molecule has 3 atom stereocenters. The third-order valence-electron chi connectivity index (χ3n) is 3.67. The van der Waals surface area contributed by atoms with E-state index in [2.05, 4.69) is 6.92 Å². The molecule has 2 amide bonds. The molecule has 0 spiro atoms. The van der Waals surface area contributed by atoms with Crippen molar-refractivity contribution in [2.75, 3.05) is 0 Å². The van der Waals surface area contributed by atoms with E-state index in [4.69, 9.17) is 5.73 Å². The van der Waals surface area contributed by atoms with Gasteiger partial charge in [-0.25, -0.2) is 0 Å². The van der Waals surface area contributed by atoms with Crippen molar-refractivity contribution in [1.29, 1.82) is 0 Å². The Labute approximate surface area is 101 Å². The van der Waals surface area contributed by atoms with Gasteiger partial charge in [0.15, 0.2) is 0 Å². The first-order valence-electron chi connectivity index (χ1n) is 5.99. The molecule has 1 fully saturated rings. The van der Waals surface area contributed by atoms with Crippen LogP contribution in [0.15, 0.2) is 23.8 Å². The molecule has 0 aromatic heterocycles. The number of nitrogens with two attached hydrogens (primary N) is 1. The average Bonchev–Trinajstić information content (AvgIpc) is 2.27. The Hall–Kier alpha value is -1.58. The normalized spacial score (nSPS) is 31.8. The predicted molar refractivity (Wildman–Crippen MR) is 64.9 cm³/mol. The number of primary amides is 1. The summed E-state index contributed by atoms with van der Waals surface area (Å²) >= 11 is 0. The highest BCUT2D eigenvalue weighted by Crippen LogP contribution is 2.33. The number of piperidine rings is 1. The Morgan fingerprint density at radius 3 is 2.71 bits per heavy atom. The zero-order valence-corrected chi connectivity index (χ0v) is 10.2. The average molecular weight is 234 g/mol. The largest absolute Gasteiger partial charge is 0.366 e. The van der Waals surface area contributed by atoms with Crippen molar-refractivity contribution in [1.82, 2.24) is 4.90 Å². The number of nitrogens with zero attached hydrogens (tertiary/aromatic N) is 1. The molecule has 2 aliphatic rings. The van der Waals surface area contributed by atoms with Crippen LogP contribution in [0.3, 0.4) is 0 Å². The number of carbonyl (C=O) groups excluding carboxylic acids is 2. The first-order valence-corrected chi connectivity index (χ1v) is 5.99. The molecule has 4 heteroatoms. The van der Waals surface area contributed by atoms with Crippen LogP contribution < -0.4 is 5.73 Å². The Bertz CT molecular complexity index is 412. The van der Waals surface area contributed by atoms with Gasteiger partial charge < -0.3 is 10.6 Å². The van der Waals surface area contributed by atoms with Crippen molar-refractivity contribution in [3.05, 3.63) is 23.8 Å². The van der Waals surface area contributed by atoms with Gasteiger partial charge in [-0.15, -0.1) is 0 Å². The summed E-state index contributed by atoms with van der Waals surface area (Å²) in [6.07, 6.45) is 7.54. The van der Waals surface area contributed by atoms with E-state index in [0.717, 1.165) is 12.8 Å². The summed E-state index contributed by atoms with van der Waals surface area (Å²) in [6, 6.07) is 0.348. The van der Waals surface area contributed by atoms with Crippen molar-refractivity contribution >= 4 is 11.8 Å². The predicted octanol–water partition coefficient (Wildman–Crippen LogP) is 0.983. The Morgan fingerprint density at radius 1 is 1.41 bits per heavy atom. The summed E-state index contributed by atoms with van der Waals surface area (Å²) in [5, 5.41) is 0. The second kappa shape index (κ2) is 4.35. The van der Waals surface area contributed by atoms with Crippen LogP contribution in [-0.4, -0.2) is 28.8 Å². The molecule has 0 aromatic rings. The zero-order chi connectivity index (χ0) is 12.6. The molecule has 1 heterocycles. The van der Waals surface area contributed by atoms with E-state index >= 15 is 0 Å². The minimum absolute atomic E-state index is 0.0827. The number of amides is 2. The number of likely N-dealkylation sites (tertiary alicyclic amines) is 1. The molecular weight excluding hydrogens is 216 g/mol. The van der Waals surface area contributed by atoms with Gasteiger partial charge in [0.1, 0.15) is 0 Å². The van der Waals surface area contributed by atoms with Gasteiger partial charge in [0.25, 0.3) is 0 Å². The van der Waals surface area contributed by atoms with Crippen molar-refractivity contribution in [3.8, 4) is 0 Å². The highest BCUT2D eigenvalue weighted by Gasteiger charge is 2.36. The quantitative estimate of drug-likeness (QED) is 0.735. The highest BCUT2D eigenvalue weighted by atomic mass is 16.2. The maximum atomic E-state index is 11.7. The van der Waals surface area contributed by atoms with E-state index < -0.39 is 5.91 Å². The fraction of sp³-hybridized carbons (Fsp3) is 0.538. The molecule has 1 aliphatic heterocycles. The van der Waals surface area contributed by atoms with Crippen LogP contribution in [0.2, 0.25) is 0 Å². The maximum Gasteiger partial charge on any atom is 0.248 e. The van der Waals surface area contributed by atoms with Gasteiger partial charge >= 0.3 is 0 Å². The summed E-state index contributed by atoms with van der Waals surface area (Å²) in [5.74, 6) is -0.0805. The third kappa shape index (κ3) is 2.12. The molecule has 2 rings (SSSR count). The molecule has 4 nitrogen and oxygen atoms in total. The minimum Gasteiger partial charge on any atom is -0.366 e. The van der Waals surface area contributed by atoms with E-state index in [1.807, 2.05) is 17.1 Å². The van der Waals surface area contributed by atoms with E-state index in [-0.39, 0.29) is 23.9 Å². The minimum atomic E-state index is -0.396. The second-order valence-corrected chi connectivity index (χ2v) is 4.85. The van der Waals surface area contributed by atoms with Crippen molar-refractivity contribution in [2.45, 2.75) is 38.8 Å². The smallest absolute Gasteiger partial charge is 0.248 e. The van der Waals surface area contributed by atoms with Gasteiger partial charge in [0, 0.05) is 24.5 Å². The van der Waals surface area contributed by atoms with Gasteiger partial charge in [-0.3, -0.25) is 9.59 Å². The van der Waals surface area contributed by atoms with Gasteiger partial charge in [-0.2, -0.15) is 0 Å². The number of fused-ring (bicyclic) bond motifs is 1. The van der Waals surface area contributed by atoms with E-state index in [1.165, 1.54) is 0 Å². The van der Waals surface area contributed by atoms with E-state index in [9.17, 15) is 9.59 Å². The fourth-order valence-electron chi connectivity index (χ4n) is 2.83. The van der Waals surface area contributed by atoms with Gasteiger partial charge in [-0.1, -0.05) is 18.2 Å². The molecule has 2 N–H and O–H groups in total. The summed E-state index contributed by atoms with van der Waals surface area (Å²) in [4.78, 5) is 24.7. The van der Waals surface area contributed by atoms with E-state index in [0.29, 0.717) is 5.57 Å². The van der Waals surface area contributed by atoms with Crippen molar-refractivity contribution < 1.29 is 9.59 Å². The fourth-order valence-corrected chi connectivity index (χ4v) is 2.83. The summed E-state index contributed by atoms with van der Waals surface area (Å²) in [7, 11) is 0. The molecule has 2 unspecified atom stereocenters. The number of carbonyl (C=O) groups is 2. The lowest BCUT2D eigenvalue weighted by molar-refractivity contribution is -0.135. The Kier molecular flexibility index (Phi) is 3.05. The lowest BCUT2D eigenvalue weighted by atomic mass is 9.81. The van der Waals surface area contributed by atoms with Crippen LogP contribution in [-0.2, 0) is 9.59 Å². The van der Waals surface area contributed by atoms with E-state index in [1.54, 1.807) is 13.0 Å². The highest BCUT2D eigenvalue weighted by molar-refractivity contribution is 5.95. The standard InChI is InChI=1S/C13H18N2O2/c1-8-3-4-10-7-11(13(14)17)5-6-12(10)15(8)9(2)16/h5-8,10,12H,3-4H2,1-2H3,(H2,14,17)/t8-,10?,12?/m0/s1. The monoisotopic (exact) mass is 234 g/mol. The van der Waals surface area contributed by atoms with Gasteiger partial charge in [0.2, 0.25) is 11.8 Å². The first kappa shape index (κ1) is 11.9. The summed E-state index contributed by atoms with van der Waals surface area (Å²) < 4.78 is 0. The zero-order valence-electron chi connectivity index (χ0n) is 10.2. The van der Waals surface area contributed by atoms with Crippen LogP contribution in [0.4, 0.5) is 0 Å². The van der Waals surface area contributed by atoms with Crippen LogP contribution in [0, 0.1) is 5.92 Å². The molecule has 0 saturated carbocycles. The lowest BCUT2D eigenvalue weighted by Gasteiger charge is -2.44. The second-order valence-electron chi connectivity index (χ2n) is 4.85. The number of hydrogen-bond acceptors (Lipinski definition) is 2. The Morgan fingerprint density at radius 2 is 2.12 bits per heavy atom. The summed E-state index contributed by atoms with van der Waals surface area (Å²) in [6.45, 7) is 3.67. The van der Waals surface area contributed by atoms with Crippen LogP contribution >= 0.6 is 0 Å². The van der Waals surface area contributed by atoms with Crippen LogP contribution in [0.5, 0.6) is 0 Å². The van der Waals surface area contributed by atoms with Crippen molar-refractivity contribution in [2.24, 2.45) is 11.7 Å². The van der Waals surface area contributed by atoms with Crippen LogP contribution in [0.25, 0.3) is 0 Å². The molecule has 0 aromatic carbocycles. The molecule has 1 saturated heterocycles. The number of hydrogen-bond donors (Lipinski definition) is 1. The number of rotatable bonds is 1. The van der Waals surface area contributed by atoms with Gasteiger partial charge in [-0.05, 0) is 19.8 Å². The van der Waals surface area contributed by atoms with Gasteiger partial charge in [0.05, 0.1) is 6.04 Å². The maximum absolute atomic E-state index is 11.7. The molecule has 92 valence electrons. The first-order chi connectivity index (χ1) is 8.00. The van der Waals surface area contributed by atoms with Crippen molar-refractivity contribution in [3.63, 3.8) is 0 Å². The van der Waals surface area contributed by atoms with Crippen LogP contribution in [0.1, 0.15) is 26.7 Å². The molecule has 1 aliphatic carbocycles. The molecule has 0 bridgehead atoms. The molecule has 17 heavy (non-hydrogen) atoms.